The molecule has 1 amide bonds. The number of carbonyl (C=O) groups excluding carboxylic acids is 1. The molecule has 0 aromatic heterocycles. The van der Waals surface area contributed by atoms with Crippen LogP contribution in [-0.2, 0) is 0 Å². The van der Waals surface area contributed by atoms with Crippen LogP contribution in [-0.4, -0.2) is 23.8 Å². The highest BCUT2D eigenvalue weighted by atomic mass is 79.9. The Kier molecular flexibility index (Phi) is 6.01. The Labute approximate surface area is 147 Å². The smallest absolute Gasteiger partial charge is 0.272 e. The lowest BCUT2D eigenvalue weighted by Gasteiger charge is -2.08. The lowest BCUT2D eigenvalue weighted by molar-refractivity contribution is 0.0955. The SMILES string of the molecule is CCOc1cc(Br)cc(/C=N/NC(=O)c2ccccc2Cl)c1O. The van der Waals surface area contributed by atoms with Gasteiger partial charge in [0.15, 0.2) is 11.5 Å². The fraction of sp³-hybridized carbons (Fsp3) is 0.125. The van der Waals surface area contributed by atoms with Crippen LogP contribution < -0.4 is 10.2 Å². The summed E-state index contributed by atoms with van der Waals surface area (Å²) in [6, 6.07) is 9.96. The van der Waals surface area contributed by atoms with Gasteiger partial charge in [0, 0.05) is 10.0 Å². The summed E-state index contributed by atoms with van der Waals surface area (Å²) in [5.41, 5.74) is 3.09. The van der Waals surface area contributed by atoms with E-state index in [1.807, 2.05) is 6.92 Å². The highest BCUT2D eigenvalue weighted by molar-refractivity contribution is 9.10. The largest absolute Gasteiger partial charge is 0.504 e. The van der Waals surface area contributed by atoms with Crippen LogP contribution in [0.2, 0.25) is 5.02 Å². The Balaban J connectivity index is 2.15. The number of halogens is 2. The first kappa shape index (κ1) is 17.3. The summed E-state index contributed by atoms with van der Waals surface area (Å²) in [5.74, 6) is -0.155. The van der Waals surface area contributed by atoms with Gasteiger partial charge in [-0.2, -0.15) is 5.10 Å². The number of nitrogens with one attached hydrogen (secondary N) is 1. The van der Waals surface area contributed by atoms with Gasteiger partial charge in [-0.1, -0.05) is 39.7 Å². The zero-order chi connectivity index (χ0) is 16.8. The molecule has 120 valence electrons. The third kappa shape index (κ3) is 4.46. The molecule has 0 aliphatic rings. The molecular weight excluding hydrogens is 384 g/mol. The maximum atomic E-state index is 12.0. The van der Waals surface area contributed by atoms with E-state index in [0.29, 0.717) is 28.5 Å². The summed E-state index contributed by atoms with van der Waals surface area (Å²) in [7, 11) is 0. The molecule has 7 heteroatoms. The second kappa shape index (κ2) is 7.99. The highest BCUT2D eigenvalue weighted by Gasteiger charge is 2.10. The Hall–Kier alpha value is -2.05. The van der Waals surface area contributed by atoms with E-state index in [0.717, 1.165) is 4.47 Å². The highest BCUT2D eigenvalue weighted by Crippen LogP contribution is 2.32. The molecule has 2 N–H and O–H groups in total. The lowest BCUT2D eigenvalue weighted by atomic mass is 10.2. The Morgan fingerprint density at radius 2 is 2.17 bits per heavy atom. The first-order chi connectivity index (χ1) is 11.0. The zero-order valence-corrected chi connectivity index (χ0v) is 14.6. The molecule has 2 rings (SSSR count). The van der Waals surface area contributed by atoms with Crippen LogP contribution in [0.1, 0.15) is 22.8 Å². The van der Waals surface area contributed by atoms with Crippen molar-refractivity contribution < 1.29 is 14.6 Å². The van der Waals surface area contributed by atoms with Crippen molar-refractivity contribution in [3.63, 3.8) is 0 Å². The van der Waals surface area contributed by atoms with Crippen molar-refractivity contribution in [1.82, 2.24) is 5.43 Å². The number of carbonyl (C=O) groups is 1. The number of nitrogens with zero attached hydrogens (tertiary/aromatic N) is 1. The van der Waals surface area contributed by atoms with Crippen LogP contribution in [0.4, 0.5) is 0 Å². The van der Waals surface area contributed by atoms with E-state index in [1.54, 1.807) is 36.4 Å². The number of phenolic OH excluding ortho intramolecular Hbond substituents is 1. The van der Waals surface area contributed by atoms with Crippen molar-refractivity contribution in [2.24, 2.45) is 5.10 Å². The maximum absolute atomic E-state index is 12.0. The van der Waals surface area contributed by atoms with Gasteiger partial charge in [-0.15, -0.1) is 0 Å². The van der Waals surface area contributed by atoms with Gasteiger partial charge in [0.05, 0.1) is 23.4 Å². The van der Waals surface area contributed by atoms with Crippen molar-refractivity contribution in [2.45, 2.75) is 6.92 Å². The normalized spacial score (nSPS) is 10.7. The number of hydrazone groups is 1. The van der Waals surface area contributed by atoms with Gasteiger partial charge in [0.25, 0.3) is 5.91 Å². The van der Waals surface area contributed by atoms with Crippen LogP contribution in [0.15, 0.2) is 46.0 Å². The first-order valence-corrected chi connectivity index (χ1v) is 7.93. The van der Waals surface area contributed by atoms with Gasteiger partial charge < -0.3 is 9.84 Å². The topological polar surface area (TPSA) is 70.9 Å². The van der Waals surface area contributed by atoms with E-state index in [2.05, 4.69) is 26.5 Å². The molecule has 2 aromatic carbocycles. The molecule has 0 aliphatic heterocycles. The summed E-state index contributed by atoms with van der Waals surface area (Å²) in [6.45, 7) is 2.24. The van der Waals surface area contributed by atoms with E-state index in [9.17, 15) is 9.90 Å². The number of amides is 1. The summed E-state index contributed by atoms with van der Waals surface area (Å²) in [6.07, 6.45) is 1.33. The Morgan fingerprint density at radius 1 is 1.43 bits per heavy atom. The number of hydrogen-bond acceptors (Lipinski definition) is 4. The number of aromatic hydroxyl groups is 1. The van der Waals surface area contributed by atoms with Gasteiger partial charge in [0.2, 0.25) is 0 Å². The summed E-state index contributed by atoms with van der Waals surface area (Å²) in [4.78, 5) is 12.0. The number of benzene rings is 2. The summed E-state index contributed by atoms with van der Waals surface area (Å²) < 4.78 is 6.04. The van der Waals surface area contributed by atoms with Gasteiger partial charge >= 0.3 is 0 Å². The zero-order valence-electron chi connectivity index (χ0n) is 12.2. The summed E-state index contributed by atoms with van der Waals surface area (Å²) in [5, 5.41) is 14.3. The van der Waals surface area contributed by atoms with Gasteiger partial charge in [-0.05, 0) is 31.2 Å². The molecule has 0 unspecified atom stereocenters. The molecule has 0 atom stereocenters. The molecule has 0 spiro atoms. The third-order valence-electron chi connectivity index (χ3n) is 2.86. The fourth-order valence-electron chi connectivity index (χ4n) is 1.82. The van der Waals surface area contributed by atoms with E-state index < -0.39 is 5.91 Å². The minimum atomic E-state index is -0.439. The minimum absolute atomic E-state index is 0.0502. The third-order valence-corrected chi connectivity index (χ3v) is 3.64. The summed E-state index contributed by atoms with van der Waals surface area (Å²) >= 11 is 9.27. The number of rotatable bonds is 5. The second-order valence-electron chi connectivity index (χ2n) is 4.45. The number of hydrogen-bond donors (Lipinski definition) is 2. The second-order valence-corrected chi connectivity index (χ2v) is 5.78. The predicted octanol–water partition coefficient (Wildman–Crippen LogP) is 3.97. The van der Waals surface area contributed by atoms with Gasteiger partial charge in [0.1, 0.15) is 0 Å². The minimum Gasteiger partial charge on any atom is -0.504 e. The van der Waals surface area contributed by atoms with Crippen molar-refractivity contribution >= 4 is 39.7 Å². The van der Waals surface area contributed by atoms with Crippen molar-refractivity contribution in [3.05, 3.63) is 57.0 Å². The van der Waals surface area contributed by atoms with Crippen molar-refractivity contribution in [3.8, 4) is 11.5 Å². The van der Waals surface area contributed by atoms with E-state index in [1.165, 1.54) is 6.21 Å². The molecule has 0 aliphatic carbocycles. The lowest BCUT2D eigenvalue weighted by Crippen LogP contribution is -2.17. The van der Waals surface area contributed by atoms with Crippen LogP contribution in [0.5, 0.6) is 11.5 Å². The number of ether oxygens (including phenoxy) is 1. The maximum Gasteiger partial charge on any atom is 0.272 e. The fourth-order valence-corrected chi connectivity index (χ4v) is 2.50. The molecule has 5 nitrogen and oxygen atoms in total. The molecule has 0 bridgehead atoms. The molecule has 23 heavy (non-hydrogen) atoms. The van der Waals surface area contributed by atoms with Crippen molar-refractivity contribution in [1.29, 1.82) is 0 Å². The van der Waals surface area contributed by atoms with E-state index in [-0.39, 0.29) is 5.75 Å². The van der Waals surface area contributed by atoms with Crippen LogP contribution >= 0.6 is 27.5 Å². The first-order valence-electron chi connectivity index (χ1n) is 6.76. The molecule has 2 aromatic rings. The van der Waals surface area contributed by atoms with Crippen LogP contribution in [0.25, 0.3) is 0 Å². The van der Waals surface area contributed by atoms with Crippen molar-refractivity contribution in [2.75, 3.05) is 6.61 Å². The number of phenols is 1. The average molecular weight is 398 g/mol. The molecule has 0 saturated heterocycles. The molecule has 0 saturated carbocycles. The quantitative estimate of drug-likeness (QED) is 0.592. The average Bonchev–Trinajstić information content (AvgIpc) is 2.52. The standard InChI is InChI=1S/C16H14BrClN2O3/c1-2-23-14-8-11(17)7-10(15(14)21)9-19-20-16(22)12-5-3-4-6-13(12)18/h3-9,21H,2H2,1H3,(H,20,22)/b19-9+. The van der Waals surface area contributed by atoms with Crippen LogP contribution in [0, 0.1) is 0 Å². The van der Waals surface area contributed by atoms with E-state index in [4.69, 9.17) is 16.3 Å². The Morgan fingerprint density at radius 3 is 2.87 bits per heavy atom. The van der Waals surface area contributed by atoms with Crippen LogP contribution in [0.3, 0.4) is 0 Å². The molecule has 0 heterocycles. The molecule has 0 radical (unpaired) electrons. The monoisotopic (exact) mass is 396 g/mol. The van der Waals surface area contributed by atoms with E-state index >= 15 is 0 Å². The Bertz CT molecular complexity index is 750. The molecular formula is C16H14BrClN2O3. The molecule has 0 fully saturated rings. The predicted molar refractivity (Wildman–Crippen MR) is 93.5 cm³/mol. The van der Waals surface area contributed by atoms with Gasteiger partial charge in [-0.3, -0.25) is 4.79 Å². The van der Waals surface area contributed by atoms with Gasteiger partial charge in [-0.25, -0.2) is 5.43 Å².